The van der Waals surface area contributed by atoms with Crippen LogP contribution in [0.4, 0.5) is 0 Å². The van der Waals surface area contributed by atoms with Gasteiger partial charge in [0.2, 0.25) is 0 Å². The molecule has 11 heteroatoms. The van der Waals surface area contributed by atoms with E-state index in [1.165, 1.54) is 83.5 Å². The van der Waals surface area contributed by atoms with E-state index in [0.717, 1.165) is 57.8 Å². The number of hydrogen-bond donors (Lipinski definition) is 3. The van der Waals surface area contributed by atoms with Gasteiger partial charge in [0.15, 0.2) is 6.10 Å². The smallest absolute Gasteiger partial charge is 0.462 e. The Morgan fingerprint density at radius 2 is 1.00 bits per heavy atom. The Morgan fingerprint density at radius 1 is 0.564 bits per heavy atom. The first-order chi connectivity index (χ1) is 26.7. The Labute approximate surface area is 334 Å². The number of phosphoric ester groups is 1. The van der Waals surface area contributed by atoms with E-state index in [1.807, 2.05) is 0 Å². The van der Waals surface area contributed by atoms with Gasteiger partial charge in [-0.3, -0.25) is 18.6 Å². The molecule has 0 rings (SSSR count). The predicted molar refractivity (Wildman–Crippen MR) is 224 cm³/mol. The number of rotatable bonds is 40. The van der Waals surface area contributed by atoms with Gasteiger partial charge in [-0.1, -0.05) is 165 Å². The highest BCUT2D eigenvalue weighted by Gasteiger charge is 2.27. The predicted octanol–water partition coefficient (Wildman–Crippen LogP) is 11.3. The van der Waals surface area contributed by atoms with Crippen molar-refractivity contribution in [2.24, 2.45) is 0 Å². The fourth-order valence-corrected chi connectivity index (χ4v) is 6.48. The summed E-state index contributed by atoms with van der Waals surface area (Å²) < 4.78 is 32.7. The maximum absolute atomic E-state index is 12.6. The maximum atomic E-state index is 12.6. The van der Waals surface area contributed by atoms with Gasteiger partial charge in [-0.25, -0.2) is 4.57 Å². The third-order valence-corrected chi connectivity index (χ3v) is 9.95. The third kappa shape index (κ3) is 39.9. The van der Waals surface area contributed by atoms with Gasteiger partial charge in [0.1, 0.15) is 12.7 Å². The summed E-state index contributed by atoms with van der Waals surface area (Å²) in [6.45, 7) is 2.22. The lowest BCUT2D eigenvalue weighted by atomic mass is 10.0. The average Bonchev–Trinajstić information content (AvgIpc) is 3.17. The van der Waals surface area contributed by atoms with E-state index in [2.05, 4.69) is 67.0 Å². The van der Waals surface area contributed by atoms with Crippen LogP contribution in [0.2, 0.25) is 0 Å². The number of unbranched alkanes of at least 4 members (excludes halogenated alkanes) is 18. The Bertz CT molecular complexity index is 1060. The minimum absolute atomic E-state index is 0.132. The Hall–Kier alpha value is -2.07. The van der Waals surface area contributed by atoms with Gasteiger partial charge >= 0.3 is 19.8 Å². The molecule has 320 valence electrons. The van der Waals surface area contributed by atoms with Crippen LogP contribution in [-0.2, 0) is 32.7 Å². The van der Waals surface area contributed by atoms with Crippen molar-refractivity contribution in [3.05, 3.63) is 48.6 Å². The lowest BCUT2D eigenvalue weighted by Crippen LogP contribution is -2.29. The van der Waals surface area contributed by atoms with Gasteiger partial charge < -0.3 is 24.6 Å². The number of hydrogen-bond acceptors (Lipinski definition) is 9. The van der Waals surface area contributed by atoms with Crippen LogP contribution in [0.3, 0.4) is 0 Å². The summed E-state index contributed by atoms with van der Waals surface area (Å²) in [6, 6.07) is 0. The summed E-state index contributed by atoms with van der Waals surface area (Å²) in [7, 11) is -4.63. The molecular formula is C44H79O10P. The zero-order valence-corrected chi connectivity index (χ0v) is 35.5. The molecule has 0 aromatic heterocycles. The quantitative estimate of drug-likeness (QED) is 0.0237. The van der Waals surface area contributed by atoms with Crippen molar-refractivity contribution < 1.29 is 47.8 Å². The van der Waals surface area contributed by atoms with Crippen LogP contribution in [0.5, 0.6) is 0 Å². The number of aliphatic hydroxyl groups excluding tert-OH is 2. The molecule has 0 heterocycles. The zero-order chi connectivity index (χ0) is 40.5. The first-order valence-electron chi connectivity index (χ1n) is 21.6. The van der Waals surface area contributed by atoms with E-state index >= 15 is 0 Å². The van der Waals surface area contributed by atoms with E-state index < -0.39 is 51.8 Å². The minimum Gasteiger partial charge on any atom is -0.462 e. The van der Waals surface area contributed by atoms with Crippen LogP contribution in [-0.4, -0.2) is 65.7 Å². The summed E-state index contributed by atoms with van der Waals surface area (Å²) in [5.41, 5.74) is 0. The van der Waals surface area contributed by atoms with Gasteiger partial charge in [-0.2, -0.15) is 0 Å². The summed E-state index contributed by atoms with van der Waals surface area (Å²) >= 11 is 0. The molecule has 3 N–H and O–H groups in total. The van der Waals surface area contributed by atoms with Gasteiger partial charge in [0.05, 0.1) is 19.8 Å². The number of aliphatic hydroxyl groups is 2. The SMILES string of the molecule is CC/C=C\C/C=C\C/C=C\C/C=C\CCCCC(=O)OC(COC(=O)CCCCCCCCCCCCCCCCCCC)COP(=O)(O)OCC(O)CO. The molecule has 0 amide bonds. The normalized spacial score (nSPS) is 14.3. The Balaban J connectivity index is 4.34. The topological polar surface area (TPSA) is 149 Å². The number of esters is 2. The average molecular weight is 799 g/mol. The summed E-state index contributed by atoms with van der Waals surface area (Å²) in [6.07, 6.45) is 42.3. The molecule has 0 bridgehead atoms. The van der Waals surface area contributed by atoms with Gasteiger partial charge in [0, 0.05) is 12.8 Å². The number of carbonyl (C=O) groups is 2. The highest BCUT2D eigenvalue weighted by Crippen LogP contribution is 2.43. The monoisotopic (exact) mass is 799 g/mol. The van der Waals surface area contributed by atoms with Crippen LogP contribution >= 0.6 is 7.82 Å². The molecule has 0 saturated carbocycles. The number of phosphoric acid groups is 1. The molecular weight excluding hydrogens is 719 g/mol. The van der Waals surface area contributed by atoms with Crippen molar-refractivity contribution in [3.8, 4) is 0 Å². The van der Waals surface area contributed by atoms with Gasteiger partial charge in [-0.15, -0.1) is 0 Å². The highest BCUT2D eigenvalue weighted by atomic mass is 31.2. The molecule has 0 aromatic rings. The number of ether oxygens (including phenoxy) is 2. The van der Waals surface area contributed by atoms with Crippen LogP contribution in [0.1, 0.15) is 181 Å². The maximum Gasteiger partial charge on any atom is 0.472 e. The Kier molecular flexibility index (Phi) is 38.6. The lowest BCUT2D eigenvalue weighted by molar-refractivity contribution is -0.161. The second kappa shape index (κ2) is 40.1. The molecule has 10 nitrogen and oxygen atoms in total. The van der Waals surface area contributed by atoms with Gasteiger partial charge in [-0.05, 0) is 51.4 Å². The van der Waals surface area contributed by atoms with Crippen molar-refractivity contribution in [2.45, 2.75) is 193 Å². The third-order valence-electron chi connectivity index (χ3n) is 9.00. The first-order valence-corrected chi connectivity index (χ1v) is 23.1. The van der Waals surface area contributed by atoms with Crippen LogP contribution in [0, 0.1) is 0 Å². The molecule has 0 aliphatic rings. The fourth-order valence-electron chi connectivity index (χ4n) is 5.69. The van der Waals surface area contributed by atoms with Crippen molar-refractivity contribution >= 4 is 19.8 Å². The molecule has 3 atom stereocenters. The molecule has 0 radical (unpaired) electrons. The molecule has 55 heavy (non-hydrogen) atoms. The van der Waals surface area contributed by atoms with E-state index in [1.54, 1.807) is 0 Å². The summed E-state index contributed by atoms with van der Waals surface area (Å²) in [5, 5.41) is 18.3. The molecule has 0 aromatic carbocycles. The number of allylic oxidation sites excluding steroid dienone is 8. The standard InChI is InChI=1S/C44H79O10P/c1-3-5-7-9-11-13-15-17-19-20-22-23-25-27-29-31-33-35-43(47)51-39-42(40-53-55(49,50)52-38-41(46)37-45)54-44(48)36-34-32-30-28-26-24-21-18-16-14-12-10-8-6-4-2/h6,8,12,14,18,21,26,28,41-42,45-46H,3-5,7,9-11,13,15-17,19-20,22-25,27,29-40H2,1-2H3,(H,49,50)/b8-6-,14-12-,21-18-,28-26-. The summed E-state index contributed by atoms with van der Waals surface area (Å²) in [4.78, 5) is 35.0. The van der Waals surface area contributed by atoms with E-state index in [0.29, 0.717) is 12.8 Å². The minimum atomic E-state index is -4.63. The Morgan fingerprint density at radius 3 is 1.51 bits per heavy atom. The fraction of sp³-hybridized carbons (Fsp3) is 0.773. The van der Waals surface area contributed by atoms with Gasteiger partial charge in [0.25, 0.3) is 0 Å². The van der Waals surface area contributed by atoms with Crippen LogP contribution in [0.15, 0.2) is 48.6 Å². The lowest BCUT2D eigenvalue weighted by Gasteiger charge is -2.20. The van der Waals surface area contributed by atoms with Crippen molar-refractivity contribution in [1.29, 1.82) is 0 Å². The van der Waals surface area contributed by atoms with Crippen molar-refractivity contribution in [3.63, 3.8) is 0 Å². The van der Waals surface area contributed by atoms with Crippen molar-refractivity contribution in [2.75, 3.05) is 26.4 Å². The number of carbonyl (C=O) groups excluding carboxylic acids is 2. The molecule has 0 saturated heterocycles. The molecule has 0 aliphatic heterocycles. The van der Waals surface area contributed by atoms with E-state index in [-0.39, 0.29) is 19.4 Å². The molecule has 0 fully saturated rings. The first kappa shape index (κ1) is 52.9. The molecule has 0 aliphatic carbocycles. The zero-order valence-electron chi connectivity index (χ0n) is 34.6. The van der Waals surface area contributed by atoms with Crippen LogP contribution < -0.4 is 0 Å². The van der Waals surface area contributed by atoms with E-state index in [9.17, 15) is 24.2 Å². The van der Waals surface area contributed by atoms with Crippen LogP contribution in [0.25, 0.3) is 0 Å². The highest BCUT2D eigenvalue weighted by molar-refractivity contribution is 7.47. The largest absolute Gasteiger partial charge is 0.472 e. The summed E-state index contributed by atoms with van der Waals surface area (Å²) in [5.74, 6) is -0.971. The molecule has 0 spiro atoms. The van der Waals surface area contributed by atoms with Crippen molar-refractivity contribution in [1.82, 2.24) is 0 Å². The second-order valence-corrected chi connectivity index (χ2v) is 15.8. The van der Waals surface area contributed by atoms with E-state index in [4.69, 9.17) is 19.1 Å². The second-order valence-electron chi connectivity index (χ2n) is 14.3. The molecule has 3 unspecified atom stereocenters.